The third kappa shape index (κ3) is 12.5. The first-order valence-electron chi connectivity index (χ1n) is 13.7. The fourth-order valence-electron chi connectivity index (χ4n) is 4.01. The van der Waals surface area contributed by atoms with Gasteiger partial charge < -0.3 is 19.7 Å². The van der Waals surface area contributed by atoms with E-state index in [4.69, 9.17) is 9.47 Å². The summed E-state index contributed by atoms with van der Waals surface area (Å²) >= 11 is 0. The highest BCUT2D eigenvalue weighted by Crippen LogP contribution is 2.19. The first-order chi connectivity index (χ1) is 17.7. The van der Waals surface area contributed by atoms with Gasteiger partial charge >= 0.3 is 23.9 Å². The quantitative estimate of drug-likeness (QED) is 0.146. The van der Waals surface area contributed by atoms with E-state index in [0.29, 0.717) is 18.4 Å². The molecular weight excluding hydrogens is 476 g/mol. The van der Waals surface area contributed by atoms with Gasteiger partial charge in [0.05, 0.1) is 11.1 Å². The summed E-state index contributed by atoms with van der Waals surface area (Å²) in [6.45, 7) is 5.78. The molecule has 0 aromatic heterocycles. The zero-order valence-corrected chi connectivity index (χ0v) is 22.6. The van der Waals surface area contributed by atoms with Gasteiger partial charge in [-0.25, -0.2) is 19.2 Å². The normalized spacial score (nSPS) is 12.6. The van der Waals surface area contributed by atoms with Gasteiger partial charge in [-0.2, -0.15) is 0 Å². The summed E-state index contributed by atoms with van der Waals surface area (Å²) in [5, 5.41) is 20.2. The number of aliphatic hydroxyl groups excluding tert-OH is 2. The predicted octanol–water partition coefficient (Wildman–Crippen LogP) is 5.58. The molecule has 0 spiro atoms. The first kappa shape index (κ1) is 32.4. The Morgan fingerprint density at radius 1 is 0.676 bits per heavy atom. The summed E-state index contributed by atoms with van der Waals surface area (Å²) in [5.74, 6) is -4.42. The Morgan fingerprint density at radius 3 is 1.59 bits per heavy atom. The number of carbonyl (C=O) groups excluding carboxylic acids is 4. The van der Waals surface area contributed by atoms with Crippen molar-refractivity contribution in [2.45, 2.75) is 123 Å². The summed E-state index contributed by atoms with van der Waals surface area (Å²) in [6, 6.07) is 4.31. The number of aliphatic hydroxyl groups is 2. The molecule has 1 aromatic rings. The van der Waals surface area contributed by atoms with Crippen molar-refractivity contribution in [3.63, 3.8) is 0 Å². The molecule has 208 valence electrons. The molecule has 0 aliphatic carbocycles. The minimum Gasteiger partial charge on any atom is -0.387 e. The van der Waals surface area contributed by atoms with Crippen LogP contribution in [-0.2, 0) is 19.1 Å². The lowest BCUT2D eigenvalue weighted by atomic mass is 10.0. The van der Waals surface area contributed by atoms with Gasteiger partial charge in [-0.3, -0.25) is 0 Å². The van der Waals surface area contributed by atoms with Crippen LogP contribution in [0.2, 0.25) is 0 Å². The van der Waals surface area contributed by atoms with E-state index in [0.717, 1.165) is 64.2 Å². The number of carbonyl (C=O) groups is 4. The Bertz CT molecular complexity index is 863. The van der Waals surface area contributed by atoms with Crippen molar-refractivity contribution in [2.75, 3.05) is 0 Å². The highest BCUT2D eigenvalue weighted by atomic mass is 16.6. The number of hydrogen-bond acceptors (Lipinski definition) is 8. The zero-order chi connectivity index (χ0) is 27.6. The highest BCUT2D eigenvalue weighted by molar-refractivity contribution is 6.09. The van der Waals surface area contributed by atoms with Gasteiger partial charge in [0.25, 0.3) is 0 Å². The largest absolute Gasteiger partial charge is 0.387 e. The number of ether oxygens (including phenoxy) is 2. The highest BCUT2D eigenvalue weighted by Gasteiger charge is 2.28. The van der Waals surface area contributed by atoms with E-state index in [1.54, 1.807) is 13.0 Å². The van der Waals surface area contributed by atoms with Crippen molar-refractivity contribution in [1.29, 1.82) is 0 Å². The molecule has 0 aliphatic heterocycles. The van der Waals surface area contributed by atoms with Gasteiger partial charge in [0.2, 0.25) is 0 Å². The molecule has 1 rings (SSSR count). The topological polar surface area (TPSA) is 127 Å². The average molecular weight is 521 g/mol. The van der Waals surface area contributed by atoms with Crippen molar-refractivity contribution in [3.8, 4) is 0 Å². The minimum atomic E-state index is -1.45. The minimum absolute atomic E-state index is 0.173. The number of aryl methyl sites for hydroxylation is 1. The smallest absolute Gasteiger partial charge is 0.347 e. The third-order valence-corrected chi connectivity index (χ3v) is 6.29. The van der Waals surface area contributed by atoms with E-state index in [1.807, 2.05) is 0 Å². The molecule has 8 nitrogen and oxygen atoms in total. The fraction of sp³-hybridized carbons (Fsp3) is 0.655. The molecule has 0 aliphatic rings. The first-order valence-corrected chi connectivity index (χ1v) is 13.7. The van der Waals surface area contributed by atoms with Crippen molar-refractivity contribution in [1.82, 2.24) is 0 Å². The number of benzene rings is 1. The van der Waals surface area contributed by atoms with Crippen molar-refractivity contribution in [3.05, 3.63) is 34.9 Å². The number of hydrogen-bond donors (Lipinski definition) is 2. The van der Waals surface area contributed by atoms with Gasteiger partial charge in [0.15, 0.2) is 12.2 Å². The summed E-state index contributed by atoms with van der Waals surface area (Å²) in [4.78, 5) is 49.8. The number of unbranched alkanes of at least 4 members (excludes halogenated alkanes) is 10. The molecule has 2 atom stereocenters. The lowest BCUT2D eigenvalue weighted by Crippen LogP contribution is -2.29. The van der Waals surface area contributed by atoms with Crippen LogP contribution in [0.5, 0.6) is 0 Å². The van der Waals surface area contributed by atoms with E-state index >= 15 is 0 Å². The standard InChI is InChI=1S/C29H44O8/c1-4-6-8-10-12-14-19-23(30)27(33)36-26(32)22-18-16-17-21(3)25(22)29(35)37-28(34)24(31)20-15-13-11-9-7-5-2/h16-18,23-24,30-31H,4-15,19-20H2,1-3H3. The molecule has 2 N–H and O–H groups in total. The van der Waals surface area contributed by atoms with Crippen LogP contribution >= 0.6 is 0 Å². The second-order valence-corrected chi connectivity index (χ2v) is 9.56. The summed E-state index contributed by atoms with van der Waals surface area (Å²) in [6.07, 6.45) is 9.17. The molecule has 8 heteroatoms. The van der Waals surface area contributed by atoms with Crippen molar-refractivity contribution >= 4 is 23.9 Å². The van der Waals surface area contributed by atoms with Crippen LogP contribution in [0.25, 0.3) is 0 Å². The number of rotatable bonds is 18. The predicted molar refractivity (Wildman–Crippen MR) is 140 cm³/mol. The zero-order valence-electron chi connectivity index (χ0n) is 22.6. The van der Waals surface area contributed by atoms with E-state index in [2.05, 4.69) is 13.8 Å². The molecule has 0 amide bonds. The molecule has 37 heavy (non-hydrogen) atoms. The molecule has 0 saturated carbocycles. The van der Waals surface area contributed by atoms with Crippen LogP contribution in [0.1, 0.15) is 130 Å². The van der Waals surface area contributed by atoms with E-state index in [1.165, 1.54) is 12.1 Å². The Morgan fingerprint density at radius 2 is 1.11 bits per heavy atom. The maximum Gasteiger partial charge on any atom is 0.347 e. The van der Waals surface area contributed by atoms with E-state index in [9.17, 15) is 29.4 Å². The van der Waals surface area contributed by atoms with Crippen LogP contribution in [-0.4, -0.2) is 46.3 Å². The van der Waals surface area contributed by atoms with Gasteiger partial charge in [-0.15, -0.1) is 0 Å². The van der Waals surface area contributed by atoms with Crippen LogP contribution in [0.4, 0.5) is 0 Å². The molecule has 0 fully saturated rings. The van der Waals surface area contributed by atoms with Crippen molar-refractivity contribution in [2.24, 2.45) is 0 Å². The summed E-state index contributed by atoms with van der Waals surface area (Å²) in [5.41, 5.74) is -0.160. The van der Waals surface area contributed by atoms with Gasteiger partial charge in [0.1, 0.15) is 0 Å². The van der Waals surface area contributed by atoms with Crippen LogP contribution in [0.3, 0.4) is 0 Å². The lowest BCUT2D eigenvalue weighted by molar-refractivity contribution is -0.149. The van der Waals surface area contributed by atoms with E-state index < -0.39 is 36.1 Å². The van der Waals surface area contributed by atoms with Gasteiger partial charge in [-0.1, -0.05) is 103 Å². The SMILES string of the molecule is CCCCCCCCC(O)C(=O)OC(=O)c1cccc(C)c1C(=O)OC(=O)C(O)CCCCCCCC. The maximum atomic E-state index is 12.7. The molecule has 0 saturated heterocycles. The average Bonchev–Trinajstić information content (AvgIpc) is 2.87. The second-order valence-electron chi connectivity index (χ2n) is 9.56. The van der Waals surface area contributed by atoms with Gasteiger partial charge in [0, 0.05) is 0 Å². The Hall–Kier alpha value is -2.58. The summed E-state index contributed by atoms with van der Waals surface area (Å²) < 4.78 is 9.66. The lowest BCUT2D eigenvalue weighted by Gasteiger charge is -2.14. The molecule has 0 bridgehead atoms. The number of esters is 4. The van der Waals surface area contributed by atoms with E-state index in [-0.39, 0.29) is 24.0 Å². The fourth-order valence-corrected chi connectivity index (χ4v) is 4.01. The van der Waals surface area contributed by atoms with Crippen molar-refractivity contribution < 1.29 is 38.9 Å². The van der Waals surface area contributed by atoms with Crippen LogP contribution < -0.4 is 0 Å². The van der Waals surface area contributed by atoms with Crippen LogP contribution in [0, 0.1) is 6.92 Å². The molecule has 0 heterocycles. The second kappa shape index (κ2) is 18.6. The Balaban J connectivity index is 2.67. The Kier molecular flexibility index (Phi) is 16.3. The van der Waals surface area contributed by atoms with Crippen LogP contribution in [0.15, 0.2) is 18.2 Å². The third-order valence-electron chi connectivity index (χ3n) is 6.29. The molecule has 1 aromatic carbocycles. The Labute approximate surface area is 220 Å². The molecular formula is C29H44O8. The monoisotopic (exact) mass is 520 g/mol. The molecule has 0 radical (unpaired) electrons. The summed E-state index contributed by atoms with van der Waals surface area (Å²) in [7, 11) is 0. The maximum absolute atomic E-state index is 12.7. The van der Waals surface area contributed by atoms with Gasteiger partial charge in [-0.05, 0) is 31.4 Å². The molecule has 2 unspecified atom stereocenters.